The van der Waals surface area contributed by atoms with Crippen LogP contribution in [0.5, 0.6) is 5.75 Å². The lowest BCUT2D eigenvalue weighted by atomic mass is 9.96. The summed E-state index contributed by atoms with van der Waals surface area (Å²) in [5.74, 6) is -4.09. The number of anilines is 2. The van der Waals surface area contributed by atoms with Crippen LogP contribution in [-0.2, 0) is 0 Å². The molecule has 2 unspecified atom stereocenters. The standard InChI is InChI=1S/C29H26ClF3N2O3/c1-15(18-13-21(31)23(33)22(32)14-18)34-24(16-8-10-19(30)11-9-16)17-6-5-7-20(12-17)35-25-26(36)27(37)28(25)38-29(2,3)4/h5-15,24,34-35H,1-4H3. The molecule has 0 aliphatic heterocycles. The van der Waals surface area contributed by atoms with E-state index in [9.17, 15) is 22.8 Å². The highest BCUT2D eigenvalue weighted by Gasteiger charge is 2.27. The van der Waals surface area contributed by atoms with Crippen LogP contribution in [0.25, 0.3) is 0 Å². The zero-order valence-corrected chi connectivity index (χ0v) is 21.9. The summed E-state index contributed by atoms with van der Waals surface area (Å²) < 4.78 is 47.0. The predicted molar refractivity (Wildman–Crippen MR) is 143 cm³/mol. The van der Waals surface area contributed by atoms with Gasteiger partial charge in [-0.1, -0.05) is 35.9 Å². The van der Waals surface area contributed by atoms with Crippen LogP contribution in [0, 0.1) is 17.5 Å². The zero-order valence-electron chi connectivity index (χ0n) is 21.2. The van der Waals surface area contributed by atoms with Crippen molar-refractivity contribution in [2.24, 2.45) is 0 Å². The maximum absolute atomic E-state index is 13.9. The normalized spacial score (nSPS) is 13.4. The highest BCUT2D eigenvalue weighted by atomic mass is 35.5. The fourth-order valence-corrected chi connectivity index (χ4v) is 4.17. The van der Waals surface area contributed by atoms with Gasteiger partial charge in [-0.25, -0.2) is 13.2 Å². The molecule has 198 valence electrons. The predicted octanol–water partition coefficient (Wildman–Crippen LogP) is 6.71. The first-order valence-electron chi connectivity index (χ1n) is 11.9. The summed E-state index contributed by atoms with van der Waals surface area (Å²) in [6.45, 7) is 7.03. The maximum Gasteiger partial charge on any atom is 0.272 e. The van der Waals surface area contributed by atoms with Crippen molar-refractivity contribution < 1.29 is 17.9 Å². The number of ether oxygens (including phenoxy) is 1. The van der Waals surface area contributed by atoms with Gasteiger partial charge in [-0.2, -0.15) is 0 Å². The number of nitrogens with one attached hydrogen (secondary N) is 2. The first kappa shape index (κ1) is 27.4. The van der Waals surface area contributed by atoms with Crippen LogP contribution in [0.3, 0.4) is 0 Å². The van der Waals surface area contributed by atoms with Gasteiger partial charge in [0.15, 0.2) is 23.2 Å². The van der Waals surface area contributed by atoms with Crippen molar-refractivity contribution in [3.05, 3.63) is 120 Å². The molecule has 4 rings (SSSR count). The number of rotatable bonds is 8. The molecule has 0 aromatic heterocycles. The minimum atomic E-state index is -1.53. The molecule has 5 nitrogen and oxygen atoms in total. The quantitative estimate of drug-likeness (QED) is 0.191. The Morgan fingerprint density at radius 1 is 0.842 bits per heavy atom. The number of halogens is 4. The van der Waals surface area contributed by atoms with Gasteiger partial charge in [0.25, 0.3) is 10.9 Å². The van der Waals surface area contributed by atoms with E-state index in [4.69, 9.17) is 16.3 Å². The average molecular weight is 543 g/mol. The molecule has 0 radical (unpaired) electrons. The second-order valence-corrected chi connectivity index (χ2v) is 10.4. The Morgan fingerprint density at radius 2 is 1.47 bits per heavy atom. The molecule has 0 bridgehead atoms. The van der Waals surface area contributed by atoms with E-state index in [1.807, 2.05) is 18.2 Å². The van der Waals surface area contributed by atoms with Gasteiger partial charge in [-0.15, -0.1) is 0 Å². The Morgan fingerprint density at radius 3 is 2.08 bits per heavy atom. The SMILES string of the molecule is CC(NC(c1ccc(Cl)cc1)c1cccc(Nc2c(OC(C)(C)C)c(=O)c2=O)c1)c1cc(F)c(F)c(F)c1. The van der Waals surface area contributed by atoms with E-state index in [-0.39, 0.29) is 17.0 Å². The van der Waals surface area contributed by atoms with E-state index in [2.05, 4.69) is 10.6 Å². The van der Waals surface area contributed by atoms with Gasteiger partial charge in [0.05, 0.1) is 6.04 Å². The Kier molecular flexibility index (Phi) is 7.67. The van der Waals surface area contributed by atoms with Gasteiger partial charge in [0.2, 0.25) is 0 Å². The van der Waals surface area contributed by atoms with E-state index in [1.54, 1.807) is 58.0 Å². The molecule has 0 saturated carbocycles. The third kappa shape index (κ3) is 5.92. The summed E-state index contributed by atoms with van der Waals surface area (Å²) in [6.07, 6.45) is 0. The maximum atomic E-state index is 13.9. The molecule has 38 heavy (non-hydrogen) atoms. The van der Waals surface area contributed by atoms with E-state index >= 15 is 0 Å². The van der Waals surface area contributed by atoms with E-state index in [0.29, 0.717) is 10.7 Å². The molecule has 0 spiro atoms. The Hall–Kier alpha value is -3.62. The first-order valence-corrected chi connectivity index (χ1v) is 12.3. The smallest absolute Gasteiger partial charge is 0.272 e. The Balaban J connectivity index is 1.68. The lowest BCUT2D eigenvalue weighted by molar-refractivity contribution is 0.128. The van der Waals surface area contributed by atoms with Crippen LogP contribution in [-0.4, -0.2) is 5.60 Å². The fraction of sp³-hybridized carbons (Fsp3) is 0.241. The second-order valence-electron chi connectivity index (χ2n) is 10.00. The van der Waals surface area contributed by atoms with Crippen molar-refractivity contribution in [3.63, 3.8) is 0 Å². The molecule has 0 aliphatic rings. The van der Waals surface area contributed by atoms with Gasteiger partial charge >= 0.3 is 0 Å². The lowest BCUT2D eigenvalue weighted by Gasteiger charge is -2.26. The van der Waals surface area contributed by atoms with Gasteiger partial charge in [0, 0.05) is 16.8 Å². The van der Waals surface area contributed by atoms with Gasteiger partial charge in [-0.3, -0.25) is 14.9 Å². The van der Waals surface area contributed by atoms with Gasteiger partial charge < -0.3 is 10.1 Å². The summed E-state index contributed by atoms with van der Waals surface area (Å²) in [4.78, 5) is 24.3. The summed E-state index contributed by atoms with van der Waals surface area (Å²) in [5, 5.41) is 6.86. The van der Waals surface area contributed by atoms with Crippen molar-refractivity contribution in [2.45, 2.75) is 45.4 Å². The summed E-state index contributed by atoms with van der Waals surface area (Å²) in [5.41, 5.74) is 0.339. The van der Waals surface area contributed by atoms with Gasteiger partial charge in [-0.05, 0) is 80.8 Å². The molecule has 0 heterocycles. The molecule has 0 fully saturated rings. The van der Waals surface area contributed by atoms with Crippen LogP contribution in [0.4, 0.5) is 24.5 Å². The second kappa shape index (κ2) is 10.6. The van der Waals surface area contributed by atoms with Crippen molar-refractivity contribution in [1.82, 2.24) is 5.32 Å². The molecule has 0 amide bonds. The van der Waals surface area contributed by atoms with Crippen molar-refractivity contribution in [2.75, 3.05) is 5.32 Å². The number of hydrogen-bond acceptors (Lipinski definition) is 5. The topological polar surface area (TPSA) is 67.4 Å². The number of hydrogen-bond donors (Lipinski definition) is 2. The van der Waals surface area contributed by atoms with Crippen molar-refractivity contribution in [1.29, 1.82) is 0 Å². The third-order valence-electron chi connectivity index (χ3n) is 5.89. The lowest BCUT2D eigenvalue weighted by Crippen LogP contribution is -2.39. The van der Waals surface area contributed by atoms with Crippen molar-refractivity contribution >= 4 is 23.0 Å². The summed E-state index contributed by atoms with van der Waals surface area (Å²) >= 11 is 6.08. The third-order valence-corrected chi connectivity index (χ3v) is 6.14. The highest BCUT2D eigenvalue weighted by Crippen LogP contribution is 2.31. The Bertz CT molecular complexity index is 1520. The number of benzene rings is 3. The first-order chi connectivity index (χ1) is 17.8. The molecule has 2 N–H and O–H groups in total. The molecular formula is C29H26ClF3N2O3. The molecule has 4 aromatic carbocycles. The molecule has 4 aromatic rings. The molecule has 0 saturated heterocycles. The van der Waals surface area contributed by atoms with E-state index < -0.39 is 46.0 Å². The van der Waals surface area contributed by atoms with E-state index in [0.717, 1.165) is 23.3 Å². The van der Waals surface area contributed by atoms with Crippen LogP contribution in [0.15, 0.2) is 70.3 Å². The molecule has 9 heteroatoms. The van der Waals surface area contributed by atoms with Crippen LogP contribution >= 0.6 is 11.6 Å². The molecular weight excluding hydrogens is 517 g/mol. The highest BCUT2D eigenvalue weighted by molar-refractivity contribution is 6.30. The Labute approximate surface area is 222 Å². The van der Waals surface area contributed by atoms with Crippen LogP contribution in [0.1, 0.15) is 56.5 Å². The van der Waals surface area contributed by atoms with Gasteiger partial charge in [0.1, 0.15) is 11.3 Å². The minimum Gasteiger partial charge on any atom is -0.482 e. The van der Waals surface area contributed by atoms with Crippen molar-refractivity contribution in [3.8, 4) is 5.75 Å². The monoisotopic (exact) mass is 542 g/mol. The van der Waals surface area contributed by atoms with Crippen LogP contribution < -0.4 is 26.2 Å². The average Bonchev–Trinajstić information content (AvgIpc) is 2.87. The molecule has 2 atom stereocenters. The summed E-state index contributed by atoms with van der Waals surface area (Å²) in [7, 11) is 0. The minimum absolute atomic E-state index is 0.0192. The summed E-state index contributed by atoms with van der Waals surface area (Å²) in [6, 6.07) is 15.0. The fourth-order valence-electron chi connectivity index (χ4n) is 4.04. The van der Waals surface area contributed by atoms with Crippen LogP contribution in [0.2, 0.25) is 5.02 Å². The zero-order chi connectivity index (χ0) is 27.8. The largest absolute Gasteiger partial charge is 0.482 e. The molecule has 0 aliphatic carbocycles. The van der Waals surface area contributed by atoms with E-state index in [1.165, 1.54) is 0 Å².